The minimum Gasteiger partial charge on any atom is -0.347 e. The lowest BCUT2D eigenvalue weighted by Crippen LogP contribution is -2.45. The predicted octanol–water partition coefficient (Wildman–Crippen LogP) is 4.40. The van der Waals surface area contributed by atoms with Crippen molar-refractivity contribution in [1.82, 2.24) is 30.0 Å². The zero-order valence-corrected chi connectivity index (χ0v) is 20.0. The Hall–Kier alpha value is -2.75. The number of benzene rings is 1. The average Bonchev–Trinajstić information content (AvgIpc) is 3.59. The summed E-state index contributed by atoms with van der Waals surface area (Å²) in [5, 5.41) is 14.5. The van der Waals surface area contributed by atoms with Crippen LogP contribution >= 0.6 is 11.6 Å². The lowest BCUT2D eigenvalue weighted by atomic mass is 10.0. The van der Waals surface area contributed by atoms with E-state index in [9.17, 15) is 4.39 Å². The van der Waals surface area contributed by atoms with Crippen molar-refractivity contribution in [1.29, 1.82) is 0 Å². The molecule has 3 heterocycles. The second-order valence-corrected chi connectivity index (χ2v) is 9.59. The van der Waals surface area contributed by atoms with Gasteiger partial charge >= 0.3 is 0 Å². The normalized spacial score (nSPS) is 18.1. The van der Waals surface area contributed by atoms with Gasteiger partial charge in [-0.3, -0.25) is 5.10 Å². The molecule has 0 radical (unpaired) electrons. The van der Waals surface area contributed by atoms with Crippen LogP contribution < -0.4 is 10.6 Å². The molecule has 5 rings (SSSR count). The molecule has 2 aliphatic rings. The number of anilines is 3. The first-order valence-electron chi connectivity index (χ1n) is 11.8. The van der Waals surface area contributed by atoms with Gasteiger partial charge in [0.15, 0.2) is 11.6 Å². The Kier molecular flexibility index (Phi) is 6.94. The van der Waals surface area contributed by atoms with E-state index in [0.717, 1.165) is 50.4 Å². The molecule has 34 heavy (non-hydrogen) atoms. The highest BCUT2D eigenvalue weighted by molar-refractivity contribution is 6.32. The summed E-state index contributed by atoms with van der Waals surface area (Å²) in [7, 11) is 2.15. The molecule has 0 amide bonds. The maximum Gasteiger partial charge on any atom is 0.225 e. The molecule has 1 aliphatic carbocycles. The summed E-state index contributed by atoms with van der Waals surface area (Å²) in [6.45, 7) is 5.16. The molecule has 1 atom stereocenters. The minimum atomic E-state index is -0.250. The van der Waals surface area contributed by atoms with Crippen LogP contribution in [0.2, 0.25) is 5.02 Å². The molecule has 8 nitrogen and oxygen atoms in total. The van der Waals surface area contributed by atoms with Crippen LogP contribution in [0, 0.1) is 5.82 Å². The summed E-state index contributed by atoms with van der Waals surface area (Å²) in [6.07, 6.45) is 4.82. The largest absolute Gasteiger partial charge is 0.347 e. The SMILES string of the molecule is CN1CCN(CC[C@H](Nc2ncc(Cl)c(Nc3cc(C4CC4)[nH]n3)n2)c2ccc(F)cc2)CC1. The van der Waals surface area contributed by atoms with Crippen LogP contribution in [0.25, 0.3) is 0 Å². The number of nitrogens with one attached hydrogen (secondary N) is 3. The Balaban J connectivity index is 1.30. The second kappa shape index (κ2) is 10.2. The lowest BCUT2D eigenvalue weighted by Gasteiger charge is -2.33. The Morgan fingerprint density at radius 2 is 1.94 bits per heavy atom. The van der Waals surface area contributed by atoms with E-state index in [2.05, 4.69) is 47.6 Å². The molecule has 3 aromatic rings. The maximum atomic E-state index is 13.6. The first kappa shape index (κ1) is 23.0. The molecule has 1 saturated heterocycles. The molecule has 10 heteroatoms. The van der Waals surface area contributed by atoms with Gasteiger partial charge in [-0.25, -0.2) is 9.37 Å². The molecule has 3 N–H and O–H groups in total. The van der Waals surface area contributed by atoms with Crippen molar-refractivity contribution in [3.05, 3.63) is 58.6 Å². The third-order valence-electron chi connectivity index (χ3n) is 6.51. The number of nitrogens with zero attached hydrogens (tertiary/aromatic N) is 5. The van der Waals surface area contributed by atoms with E-state index in [1.54, 1.807) is 6.20 Å². The van der Waals surface area contributed by atoms with E-state index in [1.807, 2.05) is 18.2 Å². The smallest absolute Gasteiger partial charge is 0.225 e. The maximum absolute atomic E-state index is 13.6. The van der Waals surface area contributed by atoms with Crippen LogP contribution in [-0.2, 0) is 0 Å². The van der Waals surface area contributed by atoms with Crippen molar-refractivity contribution in [2.24, 2.45) is 0 Å². The molecule has 1 aromatic carbocycles. The summed E-state index contributed by atoms with van der Waals surface area (Å²) in [5.74, 6) is 1.96. The summed E-state index contributed by atoms with van der Waals surface area (Å²) < 4.78 is 13.6. The van der Waals surface area contributed by atoms with Gasteiger partial charge in [0.05, 0.1) is 12.2 Å². The van der Waals surface area contributed by atoms with E-state index in [1.165, 1.54) is 25.0 Å². The van der Waals surface area contributed by atoms with Crippen LogP contribution in [0.4, 0.5) is 22.0 Å². The topological polar surface area (TPSA) is 85.0 Å². The second-order valence-electron chi connectivity index (χ2n) is 9.18. The van der Waals surface area contributed by atoms with Gasteiger partial charge in [0.1, 0.15) is 10.8 Å². The number of H-pyrrole nitrogens is 1. The Morgan fingerprint density at radius 3 is 2.68 bits per heavy atom. The first-order valence-corrected chi connectivity index (χ1v) is 12.2. The van der Waals surface area contributed by atoms with E-state index in [-0.39, 0.29) is 11.9 Å². The molecule has 0 spiro atoms. The van der Waals surface area contributed by atoms with Crippen molar-refractivity contribution < 1.29 is 4.39 Å². The van der Waals surface area contributed by atoms with E-state index in [4.69, 9.17) is 11.6 Å². The molecule has 0 unspecified atom stereocenters. The van der Waals surface area contributed by atoms with Crippen molar-refractivity contribution in [3.8, 4) is 0 Å². The summed E-state index contributed by atoms with van der Waals surface area (Å²) in [5.41, 5.74) is 2.12. The van der Waals surface area contributed by atoms with Gasteiger partial charge in [0.2, 0.25) is 5.95 Å². The number of piperazine rings is 1. The summed E-state index contributed by atoms with van der Waals surface area (Å²) in [4.78, 5) is 13.8. The number of hydrogen-bond donors (Lipinski definition) is 3. The fourth-order valence-corrected chi connectivity index (χ4v) is 4.34. The predicted molar refractivity (Wildman–Crippen MR) is 132 cm³/mol. The van der Waals surface area contributed by atoms with Gasteiger partial charge in [-0.05, 0) is 44.0 Å². The highest BCUT2D eigenvalue weighted by atomic mass is 35.5. The van der Waals surface area contributed by atoms with Crippen molar-refractivity contribution >= 4 is 29.2 Å². The molecule has 1 aliphatic heterocycles. The van der Waals surface area contributed by atoms with E-state index >= 15 is 0 Å². The minimum absolute atomic E-state index is 0.0684. The monoisotopic (exact) mass is 484 g/mol. The zero-order valence-electron chi connectivity index (χ0n) is 19.3. The van der Waals surface area contributed by atoms with Gasteiger partial charge in [-0.1, -0.05) is 23.7 Å². The van der Waals surface area contributed by atoms with Gasteiger partial charge in [-0.2, -0.15) is 10.1 Å². The fraction of sp³-hybridized carbons (Fsp3) is 0.458. The van der Waals surface area contributed by atoms with Crippen LogP contribution in [0.15, 0.2) is 36.5 Å². The third-order valence-corrected chi connectivity index (χ3v) is 6.79. The number of aromatic amines is 1. The standard InChI is InChI=1S/C24H30ClFN8/c1-33-10-12-34(13-11-33)9-8-20(16-4-6-18(26)7-5-16)28-24-27-15-19(25)23(30-24)29-22-14-21(31-32-22)17-2-3-17/h4-7,14-15,17,20H,2-3,8-13H2,1H3,(H3,27,28,29,30,31,32)/t20-/m0/s1. The first-order chi connectivity index (χ1) is 16.5. The molecular formula is C24H30ClFN8. The van der Waals surface area contributed by atoms with Crippen LogP contribution in [0.3, 0.4) is 0 Å². The van der Waals surface area contributed by atoms with E-state index in [0.29, 0.717) is 28.5 Å². The number of hydrogen-bond acceptors (Lipinski definition) is 7. The van der Waals surface area contributed by atoms with Gasteiger partial charge < -0.3 is 20.4 Å². The molecule has 1 saturated carbocycles. The van der Waals surface area contributed by atoms with Gasteiger partial charge in [0.25, 0.3) is 0 Å². The molecule has 180 valence electrons. The number of aromatic nitrogens is 4. The highest BCUT2D eigenvalue weighted by Crippen LogP contribution is 2.39. The fourth-order valence-electron chi connectivity index (χ4n) is 4.21. The summed E-state index contributed by atoms with van der Waals surface area (Å²) in [6, 6.07) is 8.54. The van der Waals surface area contributed by atoms with Crippen LogP contribution in [-0.4, -0.2) is 69.7 Å². The van der Waals surface area contributed by atoms with Crippen molar-refractivity contribution in [2.45, 2.75) is 31.2 Å². The van der Waals surface area contributed by atoms with Crippen LogP contribution in [0.1, 0.15) is 42.5 Å². The van der Waals surface area contributed by atoms with Gasteiger partial charge in [-0.15, -0.1) is 0 Å². The Bertz CT molecular complexity index is 1090. The average molecular weight is 485 g/mol. The van der Waals surface area contributed by atoms with Crippen molar-refractivity contribution in [3.63, 3.8) is 0 Å². The molecule has 0 bridgehead atoms. The van der Waals surface area contributed by atoms with Crippen LogP contribution in [0.5, 0.6) is 0 Å². The lowest BCUT2D eigenvalue weighted by molar-refractivity contribution is 0.151. The number of rotatable bonds is 9. The molecule has 2 fully saturated rings. The zero-order chi connectivity index (χ0) is 23.5. The molecule has 2 aromatic heterocycles. The van der Waals surface area contributed by atoms with Crippen molar-refractivity contribution in [2.75, 3.05) is 50.4 Å². The Morgan fingerprint density at radius 1 is 1.18 bits per heavy atom. The quantitative estimate of drug-likeness (QED) is 0.415. The van der Waals surface area contributed by atoms with E-state index < -0.39 is 0 Å². The third kappa shape index (κ3) is 5.84. The summed E-state index contributed by atoms with van der Waals surface area (Å²) >= 11 is 6.37. The highest BCUT2D eigenvalue weighted by Gasteiger charge is 2.25. The Labute approximate surface area is 203 Å². The molecular weight excluding hydrogens is 455 g/mol. The number of likely N-dealkylation sites (N-methyl/N-ethyl adjacent to an activating group) is 1. The number of halogens is 2. The van der Waals surface area contributed by atoms with Gasteiger partial charge in [0, 0.05) is 50.4 Å².